The third-order valence-electron chi connectivity index (χ3n) is 2.18. The SMILES string of the molecule is CCCCN=C1C=CC(=C([O-])OCC)C=C1.[Na+]. The molecule has 0 fully saturated rings. The molecule has 0 aromatic rings. The molecule has 0 spiro atoms. The van der Waals surface area contributed by atoms with Gasteiger partial charge >= 0.3 is 29.6 Å². The molecule has 0 N–H and O–H groups in total. The zero-order chi connectivity index (χ0) is 11.8. The maximum atomic E-state index is 11.4. The monoisotopic (exact) mass is 243 g/mol. The number of unbranched alkanes of at least 4 members (excludes halogenated alkanes) is 1. The molecule has 1 aliphatic rings. The predicted molar refractivity (Wildman–Crippen MR) is 64.1 cm³/mol. The van der Waals surface area contributed by atoms with Crippen LogP contribution in [0, 0.1) is 0 Å². The third kappa shape index (κ3) is 6.10. The first kappa shape index (κ1) is 16.5. The van der Waals surface area contributed by atoms with Crippen LogP contribution in [-0.4, -0.2) is 18.9 Å². The van der Waals surface area contributed by atoms with Gasteiger partial charge in [0.1, 0.15) is 0 Å². The summed E-state index contributed by atoms with van der Waals surface area (Å²) < 4.78 is 4.90. The number of hydrogen-bond acceptors (Lipinski definition) is 3. The van der Waals surface area contributed by atoms with Crippen molar-refractivity contribution >= 4 is 5.71 Å². The molecule has 0 saturated heterocycles. The summed E-state index contributed by atoms with van der Waals surface area (Å²) in [5.74, 6) is -0.275. The van der Waals surface area contributed by atoms with Crippen molar-refractivity contribution in [1.82, 2.24) is 0 Å². The van der Waals surface area contributed by atoms with Crippen LogP contribution < -0.4 is 34.7 Å². The Hall–Kier alpha value is -0.510. The summed E-state index contributed by atoms with van der Waals surface area (Å²) in [5.41, 5.74) is 1.50. The van der Waals surface area contributed by atoms with Crippen LogP contribution in [0.3, 0.4) is 0 Å². The molecule has 1 rings (SSSR count). The molecule has 0 radical (unpaired) electrons. The van der Waals surface area contributed by atoms with Crippen molar-refractivity contribution in [1.29, 1.82) is 0 Å². The molecule has 0 aromatic heterocycles. The predicted octanol–water partition coefficient (Wildman–Crippen LogP) is -1.03. The molecular weight excluding hydrogens is 225 g/mol. The van der Waals surface area contributed by atoms with E-state index in [1.165, 1.54) is 0 Å². The zero-order valence-corrected chi connectivity index (χ0v) is 12.9. The minimum Gasteiger partial charge on any atom is -0.613 e. The second-order valence-corrected chi connectivity index (χ2v) is 3.50. The van der Waals surface area contributed by atoms with Gasteiger partial charge in [-0.05, 0) is 30.8 Å². The summed E-state index contributed by atoms with van der Waals surface area (Å²) in [7, 11) is 0. The number of allylic oxidation sites excluding steroid dienone is 5. The van der Waals surface area contributed by atoms with Crippen LogP contribution in [0.5, 0.6) is 0 Å². The van der Waals surface area contributed by atoms with Crippen molar-refractivity contribution < 1.29 is 39.4 Å². The molecule has 0 aromatic carbocycles. The number of aliphatic imine (C=N–C) groups is 1. The Bertz CT molecular complexity index is 325. The molecule has 0 saturated carbocycles. The summed E-state index contributed by atoms with van der Waals surface area (Å²) in [6.45, 7) is 5.18. The van der Waals surface area contributed by atoms with Crippen molar-refractivity contribution in [3.05, 3.63) is 35.8 Å². The summed E-state index contributed by atoms with van der Waals surface area (Å²) in [4.78, 5) is 4.39. The summed E-state index contributed by atoms with van der Waals surface area (Å²) in [6, 6.07) is 0. The Morgan fingerprint density at radius 2 is 1.88 bits per heavy atom. The van der Waals surface area contributed by atoms with E-state index in [1.807, 2.05) is 12.2 Å². The first-order chi connectivity index (χ1) is 7.77. The molecule has 0 atom stereocenters. The van der Waals surface area contributed by atoms with Gasteiger partial charge in [-0.1, -0.05) is 32.4 Å². The van der Waals surface area contributed by atoms with Gasteiger partial charge in [-0.15, -0.1) is 0 Å². The fraction of sp³-hybridized carbons (Fsp3) is 0.462. The molecule has 0 heterocycles. The Morgan fingerprint density at radius 3 is 2.41 bits per heavy atom. The van der Waals surface area contributed by atoms with E-state index in [0.717, 1.165) is 25.1 Å². The smallest absolute Gasteiger partial charge is 0.613 e. The standard InChI is InChI=1S/C13H19NO2.Na/c1-3-5-10-14-12-8-6-11(7-9-12)13(15)16-4-2;/h6-9,15H,3-5,10H2,1-2H3;/q;+1/p-1. The van der Waals surface area contributed by atoms with Crippen molar-refractivity contribution in [2.45, 2.75) is 26.7 Å². The number of hydrogen-bond donors (Lipinski definition) is 0. The van der Waals surface area contributed by atoms with Crippen LogP contribution in [0.25, 0.3) is 0 Å². The molecule has 88 valence electrons. The van der Waals surface area contributed by atoms with E-state index in [1.54, 1.807) is 19.1 Å². The van der Waals surface area contributed by atoms with Gasteiger partial charge in [0.05, 0.1) is 11.7 Å². The number of nitrogens with zero attached hydrogens (tertiary/aromatic N) is 1. The molecule has 4 heteroatoms. The fourth-order valence-electron chi connectivity index (χ4n) is 1.28. The minimum absolute atomic E-state index is 0. The maximum absolute atomic E-state index is 11.4. The normalized spacial score (nSPS) is 13.3. The van der Waals surface area contributed by atoms with Crippen LogP contribution in [-0.2, 0) is 4.74 Å². The molecular formula is C13H18NNaO2. The van der Waals surface area contributed by atoms with Gasteiger partial charge in [-0.2, -0.15) is 0 Å². The van der Waals surface area contributed by atoms with Gasteiger partial charge in [0.25, 0.3) is 0 Å². The van der Waals surface area contributed by atoms with Crippen molar-refractivity contribution in [2.75, 3.05) is 13.2 Å². The molecule has 0 bridgehead atoms. The van der Waals surface area contributed by atoms with Crippen LogP contribution in [0.1, 0.15) is 26.7 Å². The van der Waals surface area contributed by atoms with Crippen LogP contribution >= 0.6 is 0 Å². The Morgan fingerprint density at radius 1 is 1.24 bits per heavy atom. The van der Waals surface area contributed by atoms with Gasteiger partial charge in [-0.3, -0.25) is 4.99 Å². The Labute approximate surface area is 125 Å². The van der Waals surface area contributed by atoms with Crippen LogP contribution in [0.2, 0.25) is 0 Å². The van der Waals surface area contributed by atoms with Crippen LogP contribution in [0.4, 0.5) is 0 Å². The van der Waals surface area contributed by atoms with E-state index < -0.39 is 0 Å². The second kappa shape index (κ2) is 9.51. The first-order valence-corrected chi connectivity index (χ1v) is 5.72. The van der Waals surface area contributed by atoms with Crippen molar-refractivity contribution in [3.8, 4) is 0 Å². The number of rotatable bonds is 5. The number of ether oxygens (including phenoxy) is 1. The van der Waals surface area contributed by atoms with Crippen molar-refractivity contribution in [3.63, 3.8) is 0 Å². The summed E-state index contributed by atoms with van der Waals surface area (Å²) >= 11 is 0. The molecule has 3 nitrogen and oxygen atoms in total. The summed E-state index contributed by atoms with van der Waals surface area (Å²) in [6.07, 6.45) is 9.44. The van der Waals surface area contributed by atoms with E-state index in [-0.39, 0.29) is 35.5 Å². The van der Waals surface area contributed by atoms with E-state index in [2.05, 4.69) is 11.9 Å². The fourth-order valence-corrected chi connectivity index (χ4v) is 1.28. The Balaban J connectivity index is 0.00000256. The van der Waals surface area contributed by atoms with Gasteiger partial charge in [-0.25, -0.2) is 0 Å². The van der Waals surface area contributed by atoms with Gasteiger partial charge in [0, 0.05) is 6.54 Å². The van der Waals surface area contributed by atoms with E-state index in [0.29, 0.717) is 12.2 Å². The van der Waals surface area contributed by atoms with E-state index in [9.17, 15) is 5.11 Å². The van der Waals surface area contributed by atoms with Crippen molar-refractivity contribution in [2.24, 2.45) is 4.99 Å². The quantitative estimate of drug-likeness (QED) is 0.352. The largest absolute Gasteiger partial charge is 1.00 e. The molecule has 17 heavy (non-hydrogen) atoms. The molecule has 1 aliphatic carbocycles. The molecule has 0 amide bonds. The average Bonchev–Trinajstić information content (AvgIpc) is 2.30. The van der Waals surface area contributed by atoms with Crippen LogP contribution in [0.15, 0.2) is 40.8 Å². The first-order valence-electron chi connectivity index (χ1n) is 5.72. The van der Waals surface area contributed by atoms with E-state index in [4.69, 9.17) is 4.74 Å². The topological polar surface area (TPSA) is 44.7 Å². The summed E-state index contributed by atoms with van der Waals surface area (Å²) in [5, 5.41) is 11.4. The molecule has 0 aliphatic heterocycles. The minimum atomic E-state index is -0.275. The second-order valence-electron chi connectivity index (χ2n) is 3.50. The Kier molecular flexibility index (Phi) is 9.23. The zero-order valence-electron chi connectivity index (χ0n) is 10.9. The van der Waals surface area contributed by atoms with E-state index >= 15 is 0 Å². The molecule has 0 unspecified atom stereocenters. The average molecular weight is 243 g/mol. The maximum Gasteiger partial charge on any atom is 1.00 e. The van der Waals surface area contributed by atoms with Gasteiger partial charge in [0.2, 0.25) is 0 Å². The van der Waals surface area contributed by atoms with Gasteiger partial charge < -0.3 is 9.84 Å². The third-order valence-corrected chi connectivity index (χ3v) is 2.18. The van der Waals surface area contributed by atoms with Gasteiger partial charge in [0.15, 0.2) is 0 Å².